The summed E-state index contributed by atoms with van der Waals surface area (Å²) in [5.41, 5.74) is 3.35. The van der Waals surface area contributed by atoms with Gasteiger partial charge in [-0.25, -0.2) is 0 Å². The summed E-state index contributed by atoms with van der Waals surface area (Å²) in [6.45, 7) is 0.847. The Kier molecular flexibility index (Phi) is 3.79. The maximum absolute atomic E-state index is 6.35. The summed E-state index contributed by atoms with van der Waals surface area (Å²) in [5, 5.41) is 5.03. The molecule has 2 aromatic rings. The molecule has 19 heavy (non-hydrogen) atoms. The van der Waals surface area contributed by atoms with E-state index in [1.54, 1.807) is 0 Å². The highest BCUT2D eigenvalue weighted by Crippen LogP contribution is 2.28. The van der Waals surface area contributed by atoms with Crippen molar-refractivity contribution in [3.63, 3.8) is 0 Å². The Bertz CT molecular complexity index is 591. The van der Waals surface area contributed by atoms with Crippen LogP contribution in [0.4, 0.5) is 0 Å². The molecule has 2 aromatic carbocycles. The summed E-state index contributed by atoms with van der Waals surface area (Å²) in [7, 11) is 0. The van der Waals surface area contributed by atoms with Gasteiger partial charge in [0, 0.05) is 22.6 Å². The van der Waals surface area contributed by atoms with Gasteiger partial charge in [-0.3, -0.25) is 0 Å². The van der Waals surface area contributed by atoms with Crippen molar-refractivity contribution in [2.45, 2.75) is 25.4 Å². The van der Waals surface area contributed by atoms with Gasteiger partial charge in [-0.1, -0.05) is 47.5 Å². The zero-order valence-corrected chi connectivity index (χ0v) is 12.0. The Morgan fingerprint density at radius 3 is 2.47 bits per heavy atom. The Morgan fingerprint density at radius 2 is 1.79 bits per heavy atom. The highest BCUT2D eigenvalue weighted by molar-refractivity contribution is 6.32. The average Bonchev–Trinajstić information content (AvgIpc) is 3.21. The smallest absolute Gasteiger partial charge is 0.0457 e. The van der Waals surface area contributed by atoms with E-state index in [-0.39, 0.29) is 0 Å². The number of hydrogen-bond acceptors (Lipinski definition) is 1. The standard InChI is InChI=1S/C16H15Cl2N/c17-14-3-1-2-11(8-14)12-4-5-13(16(18)9-12)10-19-15-6-7-15/h1-5,8-9,15,19H,6-7,10H2. The SMILES string of the molecule is Clc1cccc(-c2ccc(CNC3CC3)c(Cl)c2)c1. The third kappa shape index (κ3) is 3.30. The van der Waals surface area contributed by atoms with E-state index in [2.05, 4.69) is 17.4 Å². The van der Waals surface area contributed by atoms with E-state index in [0.29, 0.717) is 6.04 Å². The number of nitrogens with one attached hydrogen (secondary N) is 1. The van der Waals surface area contributed by atoms with Crippen LogP contribution in [-0.4, -0.2) is 6.04 Å². The van der Waals surface area contributed by atoms with Crippen LogP contribution in [0.3, 0.4) is 0 Å². The number of benzene rings is 2. The van der Waals surface area contributed by atoms with Crippen molar-refractivity contribution in [3.8, 4) is 11.1 Å². The summed E-state index contributed by atoms with van der Waals surface area (Å²) >= 11 is 12.4. The highest BCUT2D eigenvalue weighted by atomic mass is 35.5. The minimum Gasteiger partial charge on any atom is -0.310 e. The van der Waals surface area contributed by atoms with Crippen molar-refractivity contribution in [1.82, 2.24) is 5.32 Å². The first-order valence-electron chi connectivity index (χ1n) is 6.50. The average molecular weight is 292 g/mol. The molecule has 1 saturated carbocycles. The molecule has 3 rings (SSSR count). The normalized spacial score (nSPS) is 14.6. The monoisotopic (exact) mass is 291 g/mol. The van der Waals surface area contributed by atoms with Gasteiger partial charge in [0.1, 0.15) is 0 Å². The van der Waals surface area contributed by atoms with Crippen LogP contribution in [0.25, 0.3) is 11.1 Å². The van der Waals surface area contributed by atoms with Gasteiger partial charge in [-0.05, 0) is 47.7 Å². The number of rotatable bonds is 4. The molecule has 1 aliphatic carbocycles. The molecule has 3 heteroatoms. The van der Waals surface area contributed by atoms with E-state index in [9.17, 15) is 0 Å². The molecule has 0 aliphatic heterocycles. The lowest BCUT2D eigenvalue weighted by Crippen LogP contribution is -2.15. The first-order chi connectivity index (χ1) is 9.22. The molecule has 0 unspecified atom stereocenters. The van der Waals surface area contributed by atoms with Gasteiger partial charge in [0.2, 0.25) is 0 Å². The molecule has 0 bridgehead atoms. The van der Waals surface area contributed by atoms with Crippen molar-refractivity contribution >= 4 is 23.2 Å². The van der Waals surface area contributed by atoms with Gasteiger partial charge in [-0.2, -0.15) is 0 Å². The highest BCUT2D eigenvalue weighted by Gasteiger charge is 2.20. The maximum atomic E-state index is 6.35. The second-order valence-electron chi connectivity index (χ2n) is 4.97. The zero-order valence-electron chi connectivity index (χ0n) is 10.5. The van der Waals surface area contributed by atoms with Gasteiger partial charge in [-0.15, -0.1) is 0 Å². The van der Waals surface area contributed by atoms with E-state index in [1.165, 1.54) is 12.8 Å². The minimum atomic E-state index is 0.698. The lowest BCUT2D eigenvalue weighted by molar-refractivity contribution is 0.688. The van der Waals surface area contributed by atoms with Crippen LogP contribution in [0.2, 0.25) is 10.0 Å². The molecule has 0 saturated heterocycles. The molecule has 1 N–H and O–H groups in total. The van der Waals surface area contributed by atoms with Crippen molar-refractivity contribution < 1.29 is 0 Å². The zero-order chi connectivity index (χ0) is 13.2. The fourth-order valence-corrected chi connectivity index (χ4v) is 2.52. The quantitative estimate of drug-likeness (QED) is 0.844. The second-order valence-corrected chi connectivity index (χ2v) is 5.82. The summed E-state index contributed by atoms with van der Waals surface area (Å²) in [6, 6.07) is 14.7. The van der Waals surface area contributed by atoms with Gasteiger partial charge < -0.3 is 5.32 Å². The largest absolute Gasteiger partial charge is 0.310 e. The van der Waals surface area contributed by atoms with Crippen LogP contribution in [0.1, 0.15) is 18.4 Å². The fourth-order valence-electron chi connectivity index (χ4n) is 2.08. The summed E-state index contributed by atoms with van der Waals surface area (Å²) in [5.74, 6) is 0. The van der Waals surface area contributed by atoms with Gasteiger partial charge in [0.25, 0.3) is 0 Å². The van der Waals surface area contributed by atoms with Gasteiger partial charge >= 0.3 is 0 Å². The molecule has 0 amide bonds. The van der Waals surface area contributed by atoms with Crippen molar-refractivity contribution in [2.24, 2.45) is 0 Å². The molecule has 0 atom stereocenters. The lowest BCUT2D eigenvalue weighted by atomic mass is 10.0. The van der Waals surface area contributed by atoms with Crippen molar-refractivity contribution in [3.05, 3.63) is 58.1 Å². The maximum Gasteiger partial charge on any atom is 0.0457 e. The Balaban J connectivity index is 1.81. The third-order valence-corrected chi connectivity index (χ3v) is 3.96. The van der Waals surface area contributed by atoms with Crippen LogP contribution < -0.4 is 5.32 Å². The predicted octanol–water partition coefficient (Wildman–Crippen LogP) is 4.91. The number of hydrogen-bond donors (Lipinski definition) is 1. The lowest BCUT2D eigenvalue weighted by Gasteiger charge is -2.08. The van der Waals surface area contributed by atoms with Crippen molar-refractivity contribution in [1.29, 1.82) is 0 Å². The van der Waals surface area contributed by atoms with E-state index >= 15 is 0 Å². The molecule has 1 aliphatic rings. The van der Waals surface area contributed by atoms with Gasteiger partial charge in [0.15, 0.2) is 0 Å². The Morgan fingerprint density at radius 1 is 1.00 bits per heavy atom. The van der Waals surface area contributed by atoms with Crippen LogP contribution in [0.15, 0.2) is 42.5 Å². The topological polar surface area (TPSA) is 12.0 Å². The first kappa shape index (κ1) is 13.0. The third-order valence-electron chi connectivity index (χ3n) is 3.37. The first-order valence-corrected chi connectivity index (χ1v) is 7.26. The van der Waals surface area contributed by atoms with Crippen LogP contribution in [-0.2, 0) is 6.54 Å². The number of halogens is 2. The van der Waals surface area contributed by atoms with E-state index in [1.807, 2.05) is 30.3 Å². The Labute approximate surface area is 123 Å². The molecule has 0 aromatic heterocycles. The predicted molar refractivity (Wildman–Crippen MR) is 81.8 cm³/mol. The molecular formula is C16H15Cl2N. The molecule has 0 spiro atoms. The minimum absolute atomic E-state index is 0.698. The molecule has 0 heterocycles. The summed E-state index contributed by atoms with van der Waals surface area (Å²) in [6.07, 6.45) is 2.58. The van der Waals surface area contributed by atoms with E-state index < -0.39 is 0 Å². The van der Waals surface area contributed by atoms with E-state index in [4.69, 9.17) is 23.2 Å². The molecule has 1 fully saturated rings. The Hall–Kier alpha value is -1.02. The fraction of sp³-hybridized carbons (Fsp3) is 0.250. The molecule has 1 nitrogen and oxygen atoms in total. The van der Waals surface area contributed by atoms with Crippen molar-refractivity contribution in [2.75, 3.05) is 0 Å². The summed E-state index contributed by atoms with van der Waals surface area (Å²) < 4.78 is 0. The van der Waals surface area contributed by atoms with Crippen LogP contribution >= 0.6 is 23.2 Å². The molecule has 98 valence electrons. The van der Waals surface area contributed by atoms with Crippen LogP contribution in [0, 0.1) is 0 Å². The second kappa shape index (κ2) is 5.54. The molecular weight excluding hydrogens is 277 g/mol. The van der Waals surface area contributed by atoms with Gasteiger partial charge in [0.05, 0.1) is 0 Å². The van der Waals surface area contributed by atoms with E-state index in [0.717, 1.165) is 33.3 Å². The van der Waals surface area contributed by atoms with Crippen LogP contribution in [0.5, 0.6) is 0 Å². The summed E-state index contributed by atoms with van der Waals surface area (Å²) in [4.78, 5) is 0. The molecule has 0 radical (unpaired) electrons.